The fraction of sp³-hybridized carbons (Fsp3) is 0.667. The van der Waals surface area contributed by atoms with Crippen molar-refractivity contribution >= 4 is 17.7 Å². The number of benzene rings is 1. The van der Waals surface area contributed by atoms with Gasteiger partial charge in [0.2, 0.25) is 0 Å². The Labute approximate surface area is 168 Å². The topological polar surface area (TPSA) is 48.9 Å². The van der Waals surface area contributed by atoms with Crippen molar-refractivity contribution in [2.75, 3.05) is 32.4 Å². The molecule has 0 spiro atoms. The second-order valence-electron chi connectivity index (χ2n) is 7.66. The van der Waals surface area contributed by atoms with E-state index in [1.165, 1.54) is 29.7 Å². The molecule has 2 saturated heterocycles. The monoisotopic (exact) mass is 390 g/mol. The first-order chi connectivity index (χ1) is 13.1. The quantitative estimate of drug-likeness (QED) is 0.578. The standard InChI is InChI=1S/C21H34N4OS/c1-16-13-25(14-17(2)26-16)15-19-8-5-4-7-18(19)11-23-21(22-3)24-12-20-9-6-10-27-20/h4-5,7-8,16-17,20H,6,9-15H2,1-3H3,(H2,22,23,24). The van der Waals surface area contributed by atoms with Gasteiger partial charge in [0.25, 0.3) is 0 Å². The third-order valence-electron chi connectivity index (χ3n) is 5.20. The lowest BCUT2D eigenvalue weighted by molar-refractivity contribution is -0.0705. The summed E-state index contributed by atoms with van der Waals surface area (Å²) in [7, 11) is 1.85. The van der Waals surface area contributed by atoms with Crippen LogP contribution in [-0.4, -0.2) is 60.8 Å². The lowest BCUT2D eigenvalue weighted by atomic mass is 10.1. The summed E-state index contributed by atoms with van der Waals surface area (Å²) in [5.41, 5.74) is 2.72. The van der Waals surface area contributed by atoms with Crippen molar-refractivity contribution in [2.24, 2.45) is 4.99 Å². The second kappa shape index (κ2) is 10.3. The molecule has 0 saturated carbocycles. The maximum absolute atomic E-state index is 5.87. The average Bonchev–Trinajstić information content (AvgIpc) is 3.16. The van der Waals surface area contributed by atoms with Crippen LogP contribution in [0, 0.1) is 0 Å². The molecule has 3 atom stereocenters. The van der Waals surface area contributed by atoms with Crippen molar-refractivity contribution in [1.82, 2.24) is 15.5 Å². The van der Waals surface area contributed by atoms with Crippen LogP contribution < -0.4 is 10.6 Å². The van der Waals surface area contributed by atoms with Gasteiger partial charge >= 0.3 is 0 Å². The number of nitrogens with zero attached hydrogens (tertiary/aromatic N) is 2. The Morgan fingerprint density at radius 2 is 1.93 bits per heavy atom. The molecule has 6 heteroatoms. The van der Waals surface area contributed by atoms with E-state index < -0.39 is 0 Å². The molecule has 0 radical (unpaired) electrons. The molecule has 2 N–H and O–H groups in total. The molecule has 0 amide bonds. The van der Waals surface area contributed by atoms with Crippen molar-refractivity contribution in [2.45, 2.75) is 57.2 Å². The minimum absolute atomic E-state index is 0.301. The van der Waals surface area contributed by atoms with Crippen molar-refractivity contribution in [3.05, 3.63) is 35.4 Å². The number of aliphatic imine (C=N–C) groups is 1. The van der Waals surface area contributed by atoms with Gasteiger partial charge in [-0.2, -0.15) is 11.8 Å². The van der Waals surface area contributed by atoms with E-state index in [1.807, 2.05) is 7.05 Å². The zero-order chi connectivity index (χ0) is 19.1. The van der Waals surface area contributed by atoms with Crippen LogP contribution in [0.5, 0.6) is 0 Å². The normalized spacial score (nSPS) is 26.9. The van der Waals surface area contributed by atoms with Crippen molar-refractivity contribution in [1.29, 1.82) is 0 Å². The van der Waals surface area contributed by atoms with E-state index in [1.54, 1.807) is 0 Å². The minimum atomic E-state index is 0.301. The van der Waals surface area contributed by atoms with Crippen LogP contribution in [0.2, 0.25) is 0 Å². The summed E-state index contributed by atoms with van der Waals surface area (Å²) in [6, 6.07) is 8.72. The van der Waals surface area contributed by atoms with E-state index in [2.05, 4.69) is 70.4 Å². The Morgan fingerprint density at radius 3 is 2.59 bits per heavy atom. The zero-order valence-electron chi connectivity index (χ0n) is 16.9. The Bertz CT molecular complexity index is 608. The van der Waals surface area contributed by atoms with Crippen LogP contribution in [0.1, 0.15) is 37.8 Å². The third kappa shape index (κ3) is 6.40. The number of ether oxygens (including phenoxy) is 1. The summed E-state index contributed by atoms with van der Waals surface area (Å²) in [5.74, 6) is 2.19. The maximum atomic E-state index is 5.87. The summed E-state index contributed by atoms with van der Waals surface area (Å²) in [4.78, 5) is 6.89. The van der Waals surface area contributed by atoms with Gasteiger partial charge < -0.3 is 15.4 Å². The predicted molar refractivity (Wildman–Crippen MR) is 115 cm³/mol. The summed E-state index contributed by atoms with van der Waals surface area (Å²) in [5, 5.41) is 7.70. The fourth-order valence-electron chi connectivity index (χ4n) is 3.95. The van der Waals surface area contributed by atoms with Gasteiger partial charge in [-0.3, -0.25) is 9.89 Å². The van der Waals surface area contributed by atoms with Crippen LogP contribution in [-0.2, 0) is 17.8 Å². The molecule has 5 nitrogen and oxygen atoms in total. The van der Waals surface area contributed by atoms with E-state index in [0.29, 0.717) is 12.2 Å². The highest BCUT2D eigenvalue weighted by Crippen LogP contribution is 2.25. The molecule has 3 unspecified atom stereocenters. The Hall–Kier alpha value is -1.24. The van der Waals surface area contributed by atoms with Crippen LogP contribution >= 0.6 is 11.8 Å². The SMILES string of the molecule is CN=C(NCc1ccccc1CN1CC(C)OC(C)C1)NCC1CCCS1. The van der Waals surface area contributed by atoms with Gasteiger partial charge in [0.15, 0.2) is 5.96 Å². The van der Waals surface area contributed by atoms with Crippen LogP contribution in [0.15, 0.2) is 29.3 Å². The largest absolute Gasteiger partial charge is 0.373 e. The van der Waals surface area contributed by atoms with Crippen molar-refractivity contribution in [3.63, 3.8) is 0 Å². The van der Waals surface area contributed by atoms with E-state index in [0.717, 1.165) is 43.9 Å². The number of rotatable bonds is 6. The molecule has 1 aromatic rings. The molecule has 0 aromatic heterocycles. The first kappa shape index (κ1) is 20.5. The van der Waals surface area contributed by atoms with Gasteiger partial charge in [-0.1, -0.05) is 24.3 Å². The highest BCUT2D eigenvalue weighted by Gasteiger charge is 2.22. The number of thioether (sulfide) groups is 1. The fourth-order valence-corrected chi connectivity index (χ4v) is 5.16. The van der Waals surface area contributed by atoms with Gasteiger partial charge in [0, 0.05) is 45.0 Å². The number of morpholine rings is 1. The van der Waals surface area contributed by atoms with Gasteiger partial charge in [0.05, 0.1) is 12.2 Å². The molecule has 3 rings (SSSR count). The Morgan fingerprint density at radius 1 is 1.19 bits per heavy atom. The van der Waals surface area contributed by atoms with Gasteiger partial charge in [-0.25, -0.2) is 0 Å². The Kier molecular flexibility index (Phi) is 7.85. The van der Waals surface area contributed by atoms with Gasteiger partial charge in [-0.15, -0.1) is 0 Å². The molecule has 150 valence electrons. The molecule has 2 heterocycles. The molecule has 0 bridgehead atoms. The lowest BCUT2D eigenvalue weighted by Gasteiger charge is -2.35. The van der Waals surface area contributed by atoms with E-state index in [-0.39, 0.29) is 0 Å². The molecule has 2 aliphatic rings. The second-order valence-corrected chi connectivity index (χ2v) is 9.07. The summed E-state index contributed by atoms with van der Waals surface area (Å²) < 4.78 is 5.87. The molecule has 2 fully saturated rings. The highest BCUT2D eigenvalue weighted by atomic mass is 32.2. The maximum Gasteiger partial charge on any atom is 0.191 e. The van der Waals surface area contributed by atoms with Gasteiger partial charge in [-0.05, 0) is 43.6 Å². The summed E-state index contributed by atoms with van der Waals surface area (Å²) in [6.07, 6.45) is 3.26. The molecular formula is C21H34N4OS. The van der Waals surface area contributed by atoms with Crippen LogP contribution in [0.4, 0.5) is 0 Å². The minimum Gasteiger partial charge on any atom is -0.373 e. The molecule has 0 aliphatic carbocycles. The van der Waals surface area contributed by atoms with E-state index >= 15 is 0 Å². The molecule has 27 heavy (non-hydrogen) atoms. The van der Waals surface area contributed by atoms with E-state index in [4.69, 9.17) is 4.74 Å². The number of hydrogen-bond acceptors (Lipinski definition) is 4. The van der Waals surface area contributed by atoms with Gasteiger partial charge in [0.1, 0.15) is 0 Å². The van der Waals surface area contributed by atoms with Crippen LogP contribution in [0.25, 0.3) is 0 Å². The Balaban J connectivity index is 1.53. The number of nitrogens with one attached hydrogen (secondary N) is 2. The molecular weight excluding hydrogens is 356 g/mol. The highest BCUT2D eigenvalue weighted by molar-refractivity contribution is 8.00. The smallest absolute Gasteiger partial charge is 0.191 e. The lowest BCUT2D eigenvalue weighted by Crippen LogP contribution is -2.45. The summed E-state index contributed by atoms with van der Waals surface area (Å²) >= 11 is 2.07. The average molecular weight is 391 g/mol. The third-order valence-corrected chi connectivity index (χ3v) is 6.60. The molecule has 1 aromatic carbocycles. The predicted octanol–water partition coefficient (Wildman–Crippen LogP) is 2.86. The first-order valence-electron chi connectivity index (χ1n) is 10.1. The van der Waals surface area contributed by atoms with Crippen LogP contribution in [0.3, 0.4) is 0 Å². The first-order valence-corrected chi connectivity index (χ1v) is 11.2. The van der Waals surface area contributed by atoms with Crippen molar-refractivity contribution < 1.29 is 4.74 Å². The van der Waals surface area contributed by atoms with Crippen molar-refractivity contribution in [3.8, 4) is 0 Å². The zero-order valence-corrected chi connectivity index (χ0v) is 17.7. The molecule has 2 aliphatic heterocycles. The summed E-state index contributed by atoms with van der Waals surface area (Å²) in [6.45, 7) is 9.07. The van der Waals surface area contributed by atoms with E-state index in [9.17, 15) is 0 Å². The number of guanidine groups is 1. The number of hydrogen-bond donors (Lipinski definition) is 2.